The molecule has 3 rings (SSSR count). The molecule has 2 aromatic heterocycles. The van der Waals surface area contributed by atoms with Crippen molar-refractivity contribution in [1.82, 2.24) is 15.1 Å². The second-order valence-electron chi connectivity index (χ2n) is 4.36. The molecule has 1 fully saturated rings. The van der Waals surface area contributed by atoms with E-state index < -0.39 is 6.10 Å². The van der Waals surface area contributed by atoms with Gasteiger partial charge in [-0.05, 0) is 17.9 Å². The lowest BCUT2D eigenvalue weighted by Crippen LogP contribution is -2.29. The highest BCUT2D eigenvalue weighted by Gasteiger charge is 2.27. The molecule has 0 radical (unpaired) electrons. The van der Waals surface area contributed by atoms with Gasteiger partial charge in [0.15, 0.2) is 0 Å². The summed E-state index contributed by atoms with van der Waals surface area (Å²) in [6.07, 6.45) is 1.81. The highest BCUT2D eigenvalue weighted by atomic mass is 32.1. The van der Waals surface area contributed by atoms with Gasteiger partial charge in [0.2, 0.25) is 0 Å². The van der Waals surface area contributed by atoms with Crippen molar-refractivity contribution in [2.24, 2.45) is 0 Å². The minimum atomic E-state index is -0.398. The van der Waals surface area contributed by atoms with E-state index in [0.29, 0.717) is 25.1 Å². The quantitative estimate of drug-likeness (QED) is 0.859. The Labute approximate surface area is 108 Å². The summed E-state index contributed by atoms with van der Waals surface area (Å²) in [6.45, 7) is 1.02. The number of thiophene rings is 1. The van der Waals surface area contributed by atoms with Crippen molar-refractivity contribution in [3.63, 3.8) is 0 Å². The Morgan fingerprint density at radius 2 is 2.50 bits per heavy atom. The first-order chi connectivity index (χ1) is 8.75. The van der Waals surface area contributed by atoms with Crippen LogP contribution in [0, 0.1) is 0 Å². The smallest absolute Gasteiger partial charge is 0.257 e. The molecule has 0 unspecified atom stereocenters. The SMILES string of the molecule is O=C(c1cn[nH]c1-c1ccsc1)N1CC[C@@H](O)C1. The van der Waals surface area contributed by atoms with Crippen LogP contribution in [0.5, 0.6) is 0 Å². The van der Waals surface area contributed by atoms with Gasteiger partial charge in [0.1, 0.15) is 0 Å². The molecule has 1 aliphatic heterocycles. The van der Waals surface area contributed by atoms with E-state index in [4.69, 9.17) is 0 Å². The van der Waals surface area contributed by atoms with Crippen molar-refractivity contribution < 1.29 is 9.90 Å². The van der Waals surface area contributed by atoms with E-state index in [2.05, 4.69) is 10.2 Å². The largest absolute Gasteiger partial charge is 0.391 e. The summed E-state index contributed by atoms with van der Waals surface area (Å²) in [6, 6.07) is 1.95. The van der Waals surface area contributed by atoms with Gasteiger partial charge in [0.05, 0.1) is 23.6 Å². The second-order valence-corrected chi connectivity index (χ2v) is 5.14. The number of aliphatic hydroxyl groups is 1. The Morgan fingerprint density at radius 3 is 3.17 bits per heavy atom. The number of amides is 1. The van der Waals surface area contributed by atoms with Gasteiger partial charge in [-0.1, -0.05) is 0 Å². The number of aromatic nitrogens is 2. The van der Waals surface area contributed by atoms with E-state index in [0.717, 1.165) is 11.3 Å². The molecule has 1 amide bonds. The molecular formula is C12H13N3O2S. The average molecular weight is 263 g/mol. The van der Waals surface area contributed by atoms with Gasteiger partial charge in [-0.2, -0.15) is 16.4 Å². The Balaban J connectivity index is 1.89. The molecule has 2 N–H and O–H groups in total. The maximum atomic E-state index is 12.3. The van der Waals surface area contributed by atoms with Gasteiger partial charge in [0, 0.05) is 24.0 Å². The molecule has 0 bridgehead atoms. The molecule has 0 aliphatic carbocycles. The maximum Gasteiger partial charge on any atom is 0.257 e. The number of aromatic amines is 1. The number of likely N-dealkylation sites (tertiary alicyclic amines) is 1. The van der Waals surface area contributed by atoms with Crippen molar-refractivity contribution in [3.05, 3.63) is 28.6 Å². The highest BCUT2D eigenvalue weighted by Crippen LogP contribution is 2.25. The molecule has 5 nitrogen and oxygen atoms in total. The van der Waals surface area contributed by atoms with E-state index in [1.165, 1.54) is 0 Å². The van der Waals surface area contributed by atoms with Crippen LogP contribution in [-0.2, 0) is 0 Å². The molecule has 3 heterocycles. The molecule has 0 spiro atoms. The van der Waals surface area contributed by atoms with Crippen molar-refractivity contribution in [1.29, 1.82) is 0 Å². The predicted octanol–water partition coefficient (Wildman–Crippen LogP) is 1.34. The van der Waals surface area contributed by atoms with Crippen molar-refractivity contribution >= 4 is 17.2 Å². The van der Waals surface area contributed by atoms with E-state index in [-0.39, 0.29) is 5.91 Å². The van der Waals surface area contributed by atoms with Crippen molar-refractivity contribution in [2.45, 2.75) is 12.5 Å². The summed E-state index contributed by atoms with van der Waals surface area (Å²) < 4.78 is 0. The third-order valence-electron chi connectivity index (χ3n) is 3.13. The summed E-state index contributed by atoms with van der Waals surface area (Å²) >= 11 is 1.58. The van der Waals surface area contributed by atoms with Crippen LogP contribution in [0.25, 0.3) is 11.3 Å². The van der Waals surface area contributed by atoms with Gasteiger partial charge in [-0.25, -0.2) is 0 Å². The standard InChI is InChI=1S/C12H13N3O2S/c16-9-1-3-15(6-9)12(17)10-5-13-14-11(10)8-2-4-18-7-8/h2,4-5,7,9,16H,1,3,6H2,(H,13,14)/t9-/m1/s1. The third kappa shape index (κ3) is 1.93. The average Bonchev–Trinajstić information content (AvgIpc) is 3.08. The fourth-order valence-electron chi connectivity index (χ4n) is 2.17. The van der Waals surface area contributed by atoms with Crippen molar-refractivity contribution in [3.8, 4) is 11.3 Å². The number of hydrogen-bond donors (Lipinski definition) is 2. The van der Waals surface area contributed by atoms with Crippen LogP contribution in [0.15, 0.2) is 23.0 Å². The predicted molar refractivity (Wildman–Crippen MR) is 68.4 cm³/mol. The first-order valence-electron chi connectivity index (χ1n) is 5.79. The Hall–Kier alpha value is -1.66. The van der Waals surface area contributed by atoms with Crippen LogP contribution in [0.3, 0.4) is 0 Å². The topological polar surface area (TPSA) is 69.2 Å². The number of H-pyrrole nitrogens is 1. The van der Waals surface area contributed by atoms with Crippen LogP contribution < -0.4 is 0 Å². The zero-order chi connectivity index (χ0) is 12.5. The van der Waals surface area contributed by atoms with Gasteiger partial charge in [0.25, 0.3) is 5.91 Å². The van der Waals surface area contributed by atoms with Crippen molar-refractivity contribution in [2.75, 3.05) is 13.1 Å². The first kappa shape index (κ1) is 11.4. The number of aliphatic hydroxyl groups excluding tert-OH is 1. The van der Waals surface area contributed by atoms with Gasteiger partial charge in [-0.3, -0.25) is 9.89 Å². The molecule has 94 valence electrons. The minimum Gasteiger partial charge on any atom is -0.391 e. The molecule has 1 aliphatic rings. The zero-order valence-electron chi connectivity index (χ0n) is 9.67. The van der Waals surface area contributed by atoms with E-state index >= 15 is 0 Å². The Bertz CT molecular complexity index is 549. The summed E-state index contributed by atoms with van der Waals surface area (Å²) in [7, 11) is 0. The van der Waals surface area contributed by atoms with E-state index in [1.807, 2.05) is 16.8 Å². The summed E-state index contributed by atoms with van der Waals surface area (Å²) in [5, 5.41) is 20.3. The number of rotatable bonds is 2. The molecule has 1 atom stereocenters. The Kier molecular flexibility index (Phi) is 2.89. The fourth-order valence-corrected chi connectivity index (χ4v) is 2.82. The lowest BCUT2D eigenvalue weighted by atomic mass is 10.1. The number of hydrogen-bond acceptors (Lipinski definition) is 4. The van der Waals surface area contributed by atoms with Gasteiger partial charge < -0.3 is 10.0 Å². The second kappa shape index (κ2) is 4.55. The fraction of sp³-hybridized carbons (Fsp3) is 0.333. The molecule has 2 aromatic rings. The molecule has 0 aromatic carbocycles. The number of β-amino-alcohol motifs (C(OH)–C–C–N with tert-alkyl or cyclic N) is 1. The molecule has 6 heteroatoms. The first-order valence-corrected chi connectivity index (χ1v) is 6.73. The van der Waals surface area contributed by atoms with Crippen LogP contribution in [0.1, 0.15) is 16.8 Å². The number of nitrogens with zero attached hydrogens (tertiary/aromatic N) is 2. The number of carbonyl (C=O) groups is 1. The van der Waals surface area contributed by atoms with Crippen LogP contribution >= 0.6 is 11.3 Å². The van der Waals surface area contributed by atoms with E-state index in [1.54, 1.807) is 22.4 Å². The van der Waals surface area contributed by atoms with Crippen LogP contribution in [0.4, 0.5) is 0 Å². The van der Waals surface area contributed by atoms with Crippen LogP contribution in [0.2, 0.25) is 0 Å². The maximum absolute atomic E-state index is 12.3. The number of carbonyl (C=O) groups excluding carboxylic acids is 1. The summed E-state index contributed by atoms with van der Waals surface area (Å²) in [5.41, 5.74) is 2.30. The number of nitrogens with one attached hydrogen (secondary N) is 1. The Morgan fingerprint density at radius 1 is 1.61 bits per heavy atom. The van der Waals surface area contributed by atoms with E-state index in [9.17, 15) is 9.90 Å². The normalized spacial score (nSPS) is 19.4. The lowest BCUT2D eigenvalue weighted by molar-refractivity contribution is 0.0766. The molecular weight excluding hydrogens is 250 g/mol. The third-order valence-corrected chi connectivity index (χ3v) is 3.81. The minimum absolute atomic E-state index is 0.0681. The summed E-state index contributed by atoms with van der Waals surface area (Å²) in [4.78, 5) is 14.0. The summed E-state index contributed by atoms with van der Waals surface area (Å²) in [5.74, 6) is -0.0681. The monoisotopic (exact) mass is 263 g/mol. The molecule has 18 heavy (non-hydrogen) atoms. The van der Waals surface area contributed by atoms with Gasteiger partial charge >= 0.3 is 0 Å². The molecule has 0 saturated carbocycles. The molecule has 1 saturated heterocycles. The van der Waals surface area contributed by atoms with Gasteiger partial charge in [-0.15, -0.1) is 0 Å². The van der Waals surface area contributed by atoms with Crippen LogP contribution in [-0.4, -0.2) is 45.3 Å². The highest BCUT2D eigenvalue weighted by molar-refractivity contribution is 7.08. The zero-order valence-corrected chi connectivity index (χ0v) is 10.5. The lowest BCUT2D eigenvalue weighted by Gasteiger charge is -2.15.